The highest BCUT2D eigenvalue weighted by Gasteiger charge is 2.52. The van der Waals surface area contributed by atoms with Crippen LogP contribution in [0.25, 0.3) is 0 Å². The molecule has 3 rings (SSSR count). The Balaban J connectivity index is 1.61. The van der Waals surface area contributed by atoms with E-state index in [1.165, 1.54) is 4.90 Å². The van der Waals surface area contributed by atoms with Gasteiger partial charge in [-0.2, -0.15) is 0 Å². The molecule has 5 nitrogen and oxygen atoms in total. The summed E-state index contributed by atoms with van der Waals surface area (Å²) in [5.74, 6) is -0.437. The lowest BCUT2D eigenvalue weighted by molar-refractivity contribution is -0.131. The molecule has 22 heavy (non-hydrogen) atoms. The molecule has 2 N–H and O–H groups in total. The van der Waals surface area contributed by atoms with E-state index in [1.54, 1.807) is 25.1 Å². The van der Waals surface area contributed by atoms with Gasteiger partial charge in [0.15, 0.2) is 0 Å². The Kier molecular flexibility index (Phi) is 3.76. The SMILES string of the molecule is Cc1cccc(NCCN2C(=O)NC3(CCCC3)C2=O)c1F. The Morgan fingerprint density at radius 2 is 2.05 bits per heavy atom. The molecule has 118 valence electrons. The smallest absolute Gasteiger partial charge is 0.325 e. The average Bonchev–Trinajstić information content (AvgIpc) is 3.04. The lowest BCUT2D eigenvalue weighted by Gasteiger charge is -2.20. The molecule has 2 aliphatic rings. The summed E-state index contributed by atoms with van der Waals surface area (Å²) in [7, 11) is 0. The zero-order valence-electron chi connectivity index (χ0n) is 12.6. The third-order valence-corrected chi connectivity index (χ3v) is 4.55. The van der Waals surface area contributed by atoms with Crippen molar-refractivity contribution in [3.63, 3.8) is 0 Å². The summed E-state index contributed by atoms with van der Waals surface area (Å²) >= 11 is 0. The van der Waals surface area contributed by atoms with Gasteiger partial charge in [0.25, 0.3) is 5.91 Å². The van der Waals surface area contributed by atoms with Gasteiger partial charge in [-0.15, -0.1) is 0 Å². The minimum Gasteiger partial charge on any atom is -0.381 e. The molecule has 1 heterocycles. The van der Waals surface area contributed by atoms with Gasteiger partial charge < -0.3 is 10.6 Å². The maximum Gasteiger partial charge on any atom is 0.325 e. The molecule has 1 aliphatic carbocycles. The number of nitrogens with one attached hydrogen (secondary N) is 2. The van der Waals surface area contributed by atoms with Crippen molar-refractivity contribution in [2.45, 2.75) is 38.1 Å². The molecule has 0 unspecified atom stereocenters. The Hall–Kier alpha value is -2.11. The maximum absolute atomic E-state index is 13.9. The Bertz CT molecular complexity index is 611. The molecule has 1 spiro atoms. The number of halogens is 1. The molecule has 0 aromatic heterocycles. The molecule has 1 saturated carbocycles. The van der Waals surface area contributed by atoms with Crippen molar-refractivity contribution in [2.75, 3.05) is 18.4 Å². The van der Waals surface area contributed by atoms with Gasteiger partial charge in [-0.3, -0.25) is 9.69 Å². The third-order valence-electron chi connectivity index (χ3n) is 4.55. The van der Waals surface area contributed by atoms with Gasteiger partial charge in [-0.05, 0) is 31.4 Å². The van der Waals surface area contributed by atoms with E-state index in [0.717, 1.165) is 12.8 Å². The summed E-state index contributed by atoms with van der Waals surface area (Å²) in [6.45, 7) is 2.26. The Morgan fingerprint density at radius 3 is 2.77 bits per heavy atom. The number of hydrogen-bond acceptors (Lipinski definition) is 3. The van der Waals surface area contributed by atoms with Crippen LogP contribution in [0.3, 0.4) is 0 Å². The van der Waals surface area contributed by atoms with Crippen LogP contribution in [0.5, 0.6) is 0 Å². The standard InChI is InChI=1S/C16H20FN3O2/c1-11-5-4-6-12(13(11)17)18-9-10-20-14(21)16(19-15(20)22)7-2-3-8-16/h4-6,18H,2-3,7-10H2,1H3,(H,19,22). The summed E-state index contributed by atoms with van der Waals surface area (Å²) in [6.07, 6.45) is 3.36. The number of amides is 3. The number of anilines is 1. The number of rotatable bonds is 4. The summed E-state index contributed by atoms with van der Waals surface area (Å²) in [5.41, 5.74) is 0.276. The van der Waals surface area contributed by atoms with Gasteiger partial charge in [0, 0.05) is 13.1 Å². The first kappa shape index (κ1) is 14.8. The number of carbonyl (C=O) groups excluding carboxylic acids is 2. The topological polar surface area (TPSA) is 61.4 Å². The van der Waals surface area contributed by atoms with E-state index in [-0.39, 0.29) is 24.3 Å². The van der Waals surface area contributed by atoms with Crippen LogP contribution in [0.4, 0.5) is 14.9 Å². The molecule has 3 amide bonds. The molecule has 0 radical (unpaired) electrons. The van der Waals surface area contributed by atoms with Crippen LogP contribution in [-0.4, -0.2) is 35.5 Å². The van der Waals surface area contributed by atoms with Gasteiger partial charge in [0.2, 0.25) is 0 Å². The molecule has 1 aromatic carbocycles. The summed E-state index contributed by atoms with van der Waals surface area (Å²) in [6, 6.07) is 4.77. The molecule has 6 heteroatoms. The second-order valence-electron chi connectivity index (χ2n) is 6.04. The van der Waals surface area contributed by atoms with Gasteiger partial charge >= 0.3 is 6.03 Å². The highest BCUT2D eigenvalue weighted by molar-refractivity contribution is 6.07. The van der Waals surface area contributed by atoms with Crippen LogP contribution < -0.4 is 10.6 Å². The predicted octanol–water partition coefficient (Wildman–Crippen LogP) is 2.41. The fourth-order valence-corrected chi connectivity index (χ4v) is 3.28. The van der Waals surface area contributed by atoms with E-state index in [0.29, 0.717) is 30.6 Å². The maximum atomic E-state index is 13.9. The van der Waals surface area contributed by atoms with Crippen molar-refractivity contribution in [1.82, 2.24) is 10.2 Å². The van der Waals surface area contributed by atoms with Gasteiger partial charge in [0.05, 0.1) is 5.69 Å². The van der Waals surface area contributed by atoms with Gasteiger partial charge in [0.1, 0.15) is 11.4 Å². The Morgan fingerprint density at radius 1 is 1.32 bits per heavy atom. The molecule has 1 aromatic rings. The molecule has 2 fully saturated rings. The van der Waals surface area contributed by atoms with Crippen LogP contribution in [0, 0.1) is 12.7 Å². The van der Waals surface area contributed by atoms with E-state index in [4.69, 9.17) is 0 Å². The number of urea groups is 1. The van der Waals surface area contributed by atoms with Gasteiger partial charge in [-0.25, -0.2) is 9.18 Å². The van der Waals surface area contributed by atoms with Crippen molar-refractivity contribution in [3.05, 3.63) is 29.6 Å². The van der Waals surface area contributed by atoms with Crippen molar-refractivity contribution in [3.8, 4) is 0 Å². The molecule has 0 atom stereocenters. The van der Waals surface area contributed by atoms with Crippen molar-refractivity contribution in [1.29, 1.82) is 0 Å². The van der Waals surface area contributed by atoms with Crippen LogP contribution >= 0.6 is 0 Å². The fourth-order valence-electron chi connectivity index (χ4n) is 3.28. The summed E-state index contributed by atoms with van der Waals surface area (Å²) in [4.78, 5) is 25.7. The minimum absolute atomic E-state index is 0.137. The molecule has 0 bridgehead atoms. The van der Waals surface area contributed by atoms with Gasteiger partial charge in [-0.1, -0.05) is 25.0 Å². The van der Waals surface area contributed by atoms with E-state index in [1.807, 2.05) is 0 Å². The number of imide groups is 1. The fraction of sp³-hybridized carbons (Fsp3) is 0.500. The molecule has 1 saturated heterocycles. The number of aryl methyl sites for hydroxylation is 1. The number of benzene rings is 1. The van der Waals surface area contributed by atoms with Crippen LogP contribution in [-0.2, 0) is 4.79 Å². The second kappa shape index (κ2) is 5.59. The largest absolute Gasteiger partial charge is 0.381 e. The van der Waals surface area contributed by atoms with Crippen molar-refractivity contribution < 1.29 is 14.0 Å². The molecular weight excluding hydrogens is 285 g/mol. The average molecular weight is 305 g/mol. The number of carbonyl (C=O) groups is 2. The zero-order valence-corrected chi connectivity index (χ0v) is 12.6. The molecular formula is C16H20FN3O2. The first-order valence-electron chi connectivity index (χ1n) is 7.67. The lowest BCUT2D eigenvalue weighted by Crippen LogP contribution is -2.44. The summed E-state index contributed by atoms with van der Waals surface area (Å²) in [5, 5.41) is 5.79. The van der Waals surface area contributed by atoms with E-state index in [2.05, 4.69) is 10.6 Å². The first-order valence-corrected chi connectivity index (χ1v) is 7.67. The predicted molar refractivity (Wildman–Crippen MR) is 81.1 cm³/mol. The van der Waals surface area contributed by atoms with Crippen LogP contribution in [0.1, 0.15) is 31.2 Å². The number of hydrogen-bond donors (Lipinski definition) is 2. The second-order valence-corrected chi connectivity index (χ2v) is 6.04. The molecule has 1 aliphatic heterocycles. The van der Waals surface area contributed by atoms with E-state index in [9.17, 15) is 14.0 Å². The normalized spacial score (nSPS) is 19.8. The number of nitrogens with zero attached hydrogens (tertiary/aromatic N) is 1. The quantitative estimate of drug-likeness (QED) is 0.840. The summed E-state index contributed by atoms with van der Waals surface area (Å²) < 4.78 is 13.9. The zero-order chi connectivity index (χ0) is 15.7. The lowest BCUT2D eigenvalue weighted by atomic mass is 9.98. The van der Waals surface area contributed by atoms with E-state index >= 15 is 0 Å². The van der Waals surface area contributed by atoms with Crippen LogP contribution in [0.15, 0.2) is 18.2 Å². The monoisotopic (exact) mass is 305 g/mol. The van der Waals surface area contributed by atoms with Crippen molar-refractivity contribution in [2.24, 2.45) is 0 Å². The third kappa shape index (κ3) is 2.42. The highest BCUT2D eigenvalue weighted by Crippen LogP contribution is 2.34. The first-order chi connectivity index (χ1) is 10.5. The van der Waals surface area contributed by atoms with Crippen LogP contribution in [0.2, 0.25) is 0 Å². The highest BCUT2D eigenvalue weighted by atomic mass is 19.1. The minimum atomic E-state index is -0.675. The van der Waals surface area contributed by atoms with E-state index < -0.39 is 5.54 Å². The Labute approximate surface area is 128 Å². The van der Waals surface area contributed by atoms with Crippen molar-refractivity contribution >= 4 is 17.6 Å².